The molecule has 1 unspecified atom stereocenters. The van der Waals surface area contributed by atoms with E-state index in [1.54, 1.807) is 0 Å². The predicted octanol–water partition coefficient (Wildman–Crippen LogP) is 4.27. The molecule has 146 valence electrons. The molecule has 0 aliphatic carbocycles. The van der Waals surface area contributed by atoms with E-state index in [9.17, 15) is 0 Å². The van der Waals surface area contributed by atoms with Crippen molar-refractivity contribution in [2.24, 2.45) is 0 Å². The molecule has 7 nitrogen and oxygen atoms in total. The Morgan fingerprint density at radius 2 is 1.93 bits per heavy atom. The second-order valence-electron chi connectivity index (χ2n) is 6.77. The van der Waals surface area contributed by atoms with Gasteiger partial charge in [-0.2, -0.15) is 10.1 Å². The van der Waals surface area contributed by atoms with E-state index in [1.807, 2.05) is 60.1 Å². The van der Waals surface area contributed by atoms with Gasteiger partial charge in [0.05, 0.1) is 31.0 Å². The van der Waals surface area contributed by atoms with Gasteiger partial charge in [0, 0.05) is 0 Å². The molecule has 0 saturated carbocycles. The van der Waals surface area contributed by atoms with E-state index in [2.05, 4.69) is 27.4 Å². The van der Waals surface area contributed by atoms with E-state index in [-0.39, 0.29) is 6.10 Å². The van der Waals surface area contributed by atoms with E-state index in [4.69, 9.17) is 14.0 Å². The zero-order chi connectivity index (χ0) is 19.6. The van der Waals surface area contributed by atoms with Gasteiger partial charge in [-0.1, -0.05) is 47.6 Å². The summed E-state index contributed by atoms with van der Waals surface area (Å²) < 4.78 is 19.1. The monoisotopic (exact) mass is 388 g/mol. The largest absolute Gasteiger partial charge is 0.493 e. The Morgan fingerprint density at radius 1 is 1.10 bits per heavy atom. The molecule has 2 aromatic carbocycles. The van der Waals surface area contributed by atoms with Crippen LogP contribution in [0.2, 0.25) is 0 Å². The first-order valence-electron chi connectivity index (χ1n) is 9.61. The molecule has 3 heterocycles. The summed E-state index contributed by atoms with van der Waals surface area (Å²) in [5, 5.41) is 8.80. The lowest BCUT2D eigenvalue weighted by atomic mass is 10.1. The van der Waals surface area contributed by atoms with Gasteiger partial charge >= 0.3 is 0 Å². The van der Waals surface area contributed by atoms with Crippen LogP contribution in [0.1, 0.15) is 24.3 Å². The van der Waals surface area contributed by atoms with Crippen LogP contribution >= 0.6 is 0 Å². The van der Waals surface area contributed by atoms with Crippen molar-refractivity contribution in [3.63, 3.8) is 0 Å². The highest BCUT2D eigenvalue weighted by atomic mass is 16.5. The lowest BCUT2D eigenvalue weighted by molar-refractivity contribution is -0.00113. The summed E-state index contributed by atoms with van der Waals surface area (Å²) >= 11 is 0. The van der Waals surface area contributed by atoms with Gasteiger partial charge in [-0.3, -0.25) is 4.68 Å². The Hall–Kier alpha value is -3.45. The minimum Gasteiger partial charge on any atom is -0.493 e. The minimum atomic E-state index is -0.0206. The third-order valence-electron chi connectivity index (χ3n) is 4.88. The van der Waals surface area contributed by atoms with Crippen LogP contribution in [0, 0.1) is 0 Å². The third-order valence-corrected chi connectivity index (χ3v) is 4.88. The fourth-order valence-corrected chi connectivity index (χ4v) is 3.47. The highest BCUT2D eigenvalue weighted by Crippen LogP contribution is 2.31. The number of aromatic nitrogens is 4. The summed E-state index contributed by atoms with van der Waals surface area (Å²) in [4.78, 5) is 4.54. The van der Waals surface area contributed by atoms with Crippen LogP contribution in [-0.2, 0) is 17.9 Å². The van der Waals surface area contributed by atoms with E-state index >= 15 is 0 Å². The molecule has 1 aliphatic rings. The zero-order valence-electron chi connectivity index (χ0n) is 16.0. The maximum absolute atomic E-state index is 6.01. The average molecular weight is 388 g/mol. The first kappa shape index (κ1) is 17.6. The third kappa shape index (κ3) is 3.40. The summed E-state index contributed by atoms with van der Waals surface area (Å²) in [5.74, 6) is 1.59. The van der Waals surface area contributed by atoms with Crippen molar-refractivity contribution in [2.45, 2.75) is 26.2 Å². The van der Waals surface area contributed by atoms with Crippen molar-refractivity contribution in [3.05, 3.63) is 71.9 Å². The molecule has 2 aromatic heterocycles. The number of hydrogen-bond donors (Lipinski definition) is 0. The van der Waals surface area contributed by atoms with Gasteiger partial charge in [0.15, 0.2) is 5.69 Å². The van der Waals surface area contributed by atoms with E-state index in [0.29, 0.717) is 37.2 Å². The van der Waals surface area contributed by atoms with Crippen LogP contribution in [-0.4, -0.2) is 26.5 Å². The summed E-state index contributed by atoms with van der Waals surface area (Å²) in [6.07, 6.45) is -0.0206. The van der Waals surface area contributed by atoms with Gasteiger partial charge in [0.2, 0.25) is 5.82 Å². The molecule has 0 fully saturated rings. The summed E-state index contributed by atoms with van der Waals surface area (Å²) in [6.45, 7) is 3.64. The van der Waals surface area contributed by atoms with Crippen LogP contribution in [0.3, 0.4) is 0 Å². The Bertz CT molecular complexity index is 1120. The van der Waals surface area contributed by atoms with Gasteiger partial charge < -0.3 is 14.0 Å². The van der Waals surface area contributed by atoms with E-state index in [1.165, 1.54) is 0 Å². The lowest BCUT2D eigenvalue weighted by Gasteiger charge is -2.24. The molecular weight excluding hydrogens is 368 g/mol. The number of benzene rings is 2. The normalized spacial score (nSPS) is 15.8. The number of rotatable bonds is 5. The van der Waals surface area contributed by atoms with Crippen LogP contribution in [0.4, 0.5) is 0 Å². The second kappa shape index (κ2) is 7.52. The molecule has 0 N–H and O–H groups in total. The standard InChI is InChI=1S/C22H20N4O3/c1-2-27-19-11-7-6-10-17(19)21-23-22(29-25-21)18-12-16-14-28-20(13-26(16)24-18)15-8-4-3-5-9-15/h3-12,20H,2,13-14H2,1H3. The molecule has 4 aromatic rings. The molecule has 29 heavy (non-hydrogen) atoms. The van der Waals surface area contributed by atoms with Gasteiger partial charge in [0.25, 0.3) is 5.89 Å². The molecule has 0 radical (unpaired) electrons. The van der Waals surface area contributed by atoms with Crippen molar-refractivity contribution >= 4 is 0 Å². The molecule has 0 amide bonds. The van der Waals surface area contributed by atoms with Gasteiger partial charge in [-0.25, -0.2) is 0 Å². The molecule has 1 aliphatic heterocycles. The summed E-state index contributed by atoms with van der Waals surface area (Å²) in [6, 6.07) is 19.8. The van der Waals surface area contributed by atoms with Crippen molar-refractivity contribution in [3.8, 4) is 28.7 Å². The van der Waals surface area contributed by atoms with Crippen molar-refractivity contribution in [1.29, 1.82) is 0 Å². The topological polar surface area (TPSA) is 75.2 Å². The second-order valence-corrected chi connectivity index (χ2v) is 6.77. The maximum Gasteiger partial charge on any atom is 0.278 e. The van der Waals surface area contributed by atoms with E-state index in [0.717, 1.165) is 22.6 Å². The van der Waals surface area contributed by atoms with Gasteiger partial charge in [-0.15, -0.1) is 0 Å². The van der Waals surface area contributed by atoms with Crippen LogP contribution < -0.4 is 4.74 Å². The van der Waals surface area contributed by atoms with Crippen molar-refractivity contribution < 1.29 is 14.0 Å². The summed E-state index contributed by atoms with van der Waals surface area (Å²) in [7, 11) is 0. The molecule has 0 spiro atoms. The number of hydrogen-bond acceptors (Lipinski definition) is 6. The van der Waals surface area contributed by atoms with Crippen LogP contribution in [0.15, 0.2) is 65.2 Å². The van der Waals surface area contributed by atoms with Crippen molar-refractivity contribution in [2.75, 3.05) is 6.61 Å². The predicted molar refractivity (Wildman–Crippen MR) is 106 cm³/mol. The Balaban J connectivity index is 1.41. The van der Waals surface area contributed by atoms with Gasteiger partial charge in [0.1, 0.15) is 11.9 Å². The maximum atomic E-state index is 6.01. The first-order chi connectivity index (χ1) is 14.3. The Morgan fingerprint density at radius 3 is 2.79 bits per heavy atom. The zero-order valence-corrected chi connectivity index (χ0v) is 16.0. The highest BCUT2D eigenvalue weighted by molar-refractivity contribution is 5.65. The average Bonchev–Trinajstić information content (AvgIpc) is 3.41. The number of nitrogens with zero attached hydrogens (tertiary/aromatic N) is 4. The Labute approximate surface area is 167 Å². The molecule has 1 atom stereocenters. The minimum absolute atomic E-state index is 0.0206. The fourth-order valence-electron chi connectivity index (χ4n) is 3.47. The fraction of sp³-hybridized carbons (Fsp3) is 0.227. The van der Waals surface area contributed by atoms with Crippen LogP contribution in [0.25, 0.3) is 23.0 Å². The molecule has 5 rings (SSSR count). The summed E-state index contributed by atoms with van der Waals surface area (Å²) in [5.41, 5.74) is 3.57. The molecule has 7 heteroatoms. The Kier molecular flexibility index (Phi) is 4.57. The molecule has 0 saturated heterocycles. The molecular formula is C22H20N4O3. The quantitative estimate of drug-likeness (QED) is 0.508. The first-order valence-corrected chi connectivity index (χ1v) is 9.61. The van der Waals surface area contributed by atoms with E-state index < -0.39 is 0 Å². The smallest absolute Gasteiger partial charge is 0.278 e. The number of fused-ring (bicyclic) bond motifs is 1. The molecule has 0 bridgehead atoms. The van der Waals surface area contributed by atoms with Crippen molar-refractivity contribution in [1.82, 2.24) is 19.9 Å². The van der Waals surface area contributed by atoms with Crippen LogP contribution in [0.5, 0.6) is 5.75 Å². The SMILES string of the molecule is CCOc1ccccc1-c1noc(-c2cc3n(n2)CC(c2ccccc2)OC3)n1. The highest BCUT2D eigenvalue weighted by Gasteiger charge is 2.24. The van der Waals surface area contributed by atoms with Gasteiger partial charge in [-0.05, 0) is 30.7 Å². The lowest BCUT2D eigenvalue weighted by Crippen LogP contribution is -2.21. The number of para-hydroxylation sites is 1. The number of ether oxygens (including phenoxy) is 2.